The largest absolute Gasteiger partial charge is 0.311 e. The van der Waals surface area contributed by atoms with E-state index in [1.807, 2.05) is 46.8 Å². The van der Waals surface area contributed by atoms with Gasteiger partial charge in [-0.25, -0.2) is 9.50 Å². The Kier molecular flexibility index (Phi) is 3.24. The Labute approximate surface area is 111 Å². The lowest BCUT2D eigenvalue weighted by molar-refractivity contribution is 0.553. The van der Waals surface area contributed by atoms with Gasteiger partial charge in [-0.3, -0.25) is 4.68 Å². The average Bonchev–Trinajstić information content (AvgIpc) is 3.02. The normalized spacial score (nSPS) is 11.2. The summed E-state index contributed by atoms with van der Waals surface area (Å²) in [6, 6.07) is 3.90. The first-order valence-corrected chi connectivity index (χ1v) is 6.30. The minimum atomic E-state index is 0.781. The van der Waals surface area contributed by atoms with E-state index in [0.717, 1.165) is 36.5 Å². The molecule has 3 aromatic heterocycles. The van der Waals surface area contributed by atoms with E-state index in [2.05, 4.69) is 20.5 Å². The second-order valence-electron chi connectivity index (χ2n) is 4.50. The average molecular weight is 256 g/mol. The first-order valence-electron chi connectivity index (χ1n) is 6.30. The lowest BCUT2D eigenvalue weighted by Crippen LogP contribution is -2.20. The van der Waals surface area contributed by atoms with Gasteiger partial charge in [0, 0.05) is 49.5 Å². The van der Waals surface area contributed by atoms with Crippen molar-refractivity contribution in [2.75, 3.05) is 6.54 Å². The summed E-state index contributed by atoms with van der Waals surface area (Å²) in [4.78, 5) is 4.37. The van der Waals surface area contributed by atoms with Crippen LogP contribution in [0, 0.1) is 6.92 Å². The van der Waals surface area contributed by atoms with Crippen LogP contribution in [0.5, 0.6) is 0 Å². The van der Waals surface area contributed by atoms with Crippen LogP contribution >= 0.6 is 0 Å². The summed E-state index contributed by atoms with van der Waals surface area (Å²) in [5, 5.41) is 11.9. The van der Waals surface area contributed by atoms with Crippen molar-refractivity contribution in [1.82, 2.24) is 29.7 Å². The van der Waals surface area contributed by atoms with E-state index in [1.54, 1.807) is 6.20 Å². The van der Waals surface area contributed by atoms with Crippen molar-refractivity contribution < 1.29 is 0 Å². The third kappa shape index (κ3) is 2.79. The molecule has 0 aliphatic heterocycles. The van der Waals surface area contributed by atoms with Crippen LogP contribution in [-0.4, -0.2) is 30.9 Å². The van der Waals surface area contributed by atoms with Crippen LogP contribution in [0.1, 0.15) is 11.3 Å². The highest BCUT2D eigenvalue weighted by Gasteiger charge is 2.00. The molecule has 19 heavy (non-hydrogen) atoms. The summed E-state index contributed by atoms with van der Waals surface area (Å²) in [6.45, 7) is 4.49. The summed E-state index contributed by atoms with van der Waals surface area (Å²) >= 11 is 0. The van der Waals surface area contributed by atoms with Crippen molar-refractivity contribution >= 4 is 5.65 Å². The third-order valence-corrected chi connectivity index (χ3v) is 2.89. The van der Waals surface area contributed by atoms with Crippen molar-refractivity contribution in [3.05, 3.63) is 48.2 Å². The molecule has 98 valence electrons. The van der Waals surface area contributed by atoms with E-state index in [9.17, 15) is 0 Å². The first kappa shape index (κ1) is 11.9. The fourth-order valence-corrected chi connectivity index (χ4v) is 1.98. The SMILES string of the molecule is Cc1cc2ncc(CNCCn3cccn3)cn2n1. The number of hydrogen-bond acceptors (Lipinski definition) is 4. The zero-order valence-electron chi connectivity index (χ0n) is 10.8. The Morgan fingerprint density at radius 1 is 1.37 bits per heavy atom. The number of hydrogen-bond donors (Lipinski definition) is 1. The summed E-state index contributed by atoms with van der Waals surface area (Å²) < 4.78 is 3.73. The third-order valence-electron chi connectivity index (χ3n) is 2.89. The highest BCUT2D eigenvalue weighted by molar-refractivity contribution is 5.38. The zero-order valence-corrected chi connectivity index (χ0v) is 10.8. The topological polar surface area (TPSA) is 60.0 Å². The molecule has 0 bridgehead atoms. The molecule has 6 heteroatoms. The Hall–Kier alpha value is -2.21. The smallest absolute Gasteiger partial charge is 0.155 e. The van der Waals surface area contributed by atoms with Crippen LogP contribution < -0.4 is 5.32 Å². The van der Waals surface area contributed by atoms with Gasteiger partial charge in [0.05, 0.1) is 12.2 Å². The molecule has 1 N–H and O–H groups in total. The number of nitrogens with zero attached hydrogens (tertiary/aromatic N) is 5. The fraction of sp³-hybridized carbons (Fsp3) is 0.308. The van der Waals surface area contributed by atoms with Gasteiger partial charge in [0.15, 0.2) is 5.65 Å². The summed E-state index contributed by atoms with van der Waals surface area (Å²) in [5.74, 6) is 0. The number of aryl methyl sites for hydroxylation is 1. The molecule has 0 aliphatic carbocycles. The zero-order chi connectivity index (χ0) is 13.1. The van der Waals surface area contributed by atoms with Crippen LogP contribution in [0.3, 0.4) is 0 Å². The maximum absolute atomic E-state index is 4.37. The van der Waals surface area contributed by atoms with Crippen molar-refractivity contribution in [2.24, 2.45) is 0 Å². The van der Waals surface area contributed by atoms with Gasteiger partial charge in [-0.1, -0.05) is 0 Å². The van der Waals surface area contributed by atoms with Crippen LogP contribution in [0.2, 0.25) is 0 Å². The lowest BCUT2D eigenvalue weighted by Gasteiger charge is -2.05. The van der Waals surface area contributed by atoms with Crippen LogP contribution in [-0.2, 0) is 13.1 Å². The van der Waals surface area contributed by atoms with Gasteiger partial charge >= 0.3 is 0 Å². The van der Waals surface area contributed by atoms with Gasteiger partial charge in [-0.15, -0.1) is 0 Å². The van der Waals surface area contributed by atoms with Crippen molar-refractivity contribution in [3.63, 3.8) is 0 Å². The maximum Gasteiger partial charge on any atom is 0.155 e. The molecule has 0 atom stereocenters. The van der Waals surface area contributed by atoms with E-state index < -0.39 is 0 Å². The monoisotopic (exact) mass is 256 g/mol. The summed E-state index contributed by atoms with van der Waals surface area (Å²) in [6.07, 6.45) is 7.65. The van der Waals surface area contributed by atoms with Crippen molar-refractivity contribution in [1.29, 1.82) is 0 Å². The lowest BCUT2D eigenvalue weighted by atomic mass is 10.3. The molecule has 0 amide bonds. The Balaban J connectivity index is 1.56. The molecule has 3 rings (SSSR count). The minimum absolute atomic E-state index is 0.781. The standard InChI is InChI=1S/C13H16N6/c1-11-7-13-15-9-12(10-19(13)17-11)8-14-4-6-18-5-2-3-16-18/h2-3,5,7,9-10,14H,4,6,8H2,1H3. The summed E-state index contributed by atoms with van der Waals surface area (Å²) in [7, 11) is 0. The molecule has 0 aliphatic rings. The molecular formula is C13H16N6. The molecule has 0 spiro atoms. The molecule has 0 fully saturated rings. The molecule has 0 radical (unpaired) electrons. The van der Waals surface area contributed by atoms with Crippen molar-refractivity contribution in [3.8, 4) is 0 Å². The van der Waals surface area contributed by atoms with Crippen LogP contribution in [0.15, 0.2) is 36.9 Å². The predicted molar refractivity (Wildman–Crippen MR) is 71.7 cm³/mol. The highest BCUT2D eigenvalue weighted by Crippen LogP contribution is 2.04. The molecule has 3 aromatic rings. The van der Waals surface area contributed by atoms with E-state index in [1.165, 1.54) is 0 Å². The van der Waals surface area contributed by atoms with Crippen LogP contribution in [0.25, 0.3) is 5.65 Å². The Morgan fingerprint density at radius 2 is 2.32 bits per heavy atom. The second-order valence-corrected chi connectivity index (χ2v) is 4.50. The Bertz CT molecular complexity index is 655. The first-order chi connectivity index (χ1) is 9.31. The van der Waals surface area contributed by atoms with Gasteiger partial charge < -0.3 is 5.32 Å². The predicted octanol–water partition coefficient (Wildman–Crippen LogP) is 1.02. The molecule has 0 aromatic carbocycles. The minimum Gasteiger partial charge on any atom is -0.311 e. The maximum atomic E-state index is 4.37. The van der Waals surface area contributed by atoms with E-state index in [4.69, 9.17) is 0 Å². The van der Waals surface area contributed by atoms with Crippen LogP contribution in [0.4, 0.5) is 0 Å². The number of nitrogens with one attached hydrogen (secondary N) is 1. The van der Waals surface area contributed by atoms with Gasteiger partial charge in [0.1, 0.15) is 0 Å². The molecule has 0 saturated heterocycles. The van der Waals surface area contributed by atoms with Gasteiger partial charge in [0.2, 0.25) is 0 Å². The van der Waals surface area contributed by atoms with Gasteiger partial charge in [-0.2, -0.15) is 10.2 Å². The number of fused-ring (bicyclic) bond motifs is 1. The Morgan fingerprint density at radius 3 is 3.16 bits per heavy atom. The van der Waals surface area contributed by atoms with E-state index >= 15 is 0 Å². The van der Waals surface area contributed by atoms with E-state index in [-0.39, 0.29) is 0 Å². The highest BCUT2D eigenvalue weighted by atomic mass is 15.3. The summed E-state index contributed by atoms with van der Waals surface area (Å²) in [5.41, 5.74) is 2.99. The molecule has 3 heterocycles. The van der Waals surface area contributed by atoms with Crippen molar-refractivity contribution in [2.45, 2.75) is 20.0 Å². The molecule has 0 saturated carbocycles. The molecule has 6 nitrogen and oxygen atoms in total. The number of aromatic nitrogens is 5. The quantitative estimate of drug-likeness (QED) is 0.692. The molecular weight excluding hydrogens is 240 g/mol. The van der Waals surface area contributed by atoms with E-state index in [0.29, 0.717) is 0 Å². The second kappa shape index (κ2) is 5.19. The van der Waals surface area contributed by atoms with Gasteiger partial charge in [-0.05, 0) is 13.0 Å². The fourth-order valence-electron chi connectivity index (χ4n) is 1.98. The molecule has 0 unspecified atom stereocenters. The van der Waals surface area contributed by atoms with Gasteiger partial charge in [0.25, 0.3) is 0 Å². The number of rotatable bonds is 5.